The largest absolute Gasteiger partial charge is 0.308 e. The Balaban J connectivity index is 1.53. The second kappa shape index (κ2) is 6.21. The summed E-state index contributed by atoms with van der Waals surface area (Å²) in [7, 11) is -3.69. The van der Waals surface area contributed by atoms with Gasteiger partial charge in [-0.05, 0) is 30.5 Å². The van der Waals surface area contributed by atoms with Gasteiger partial charge in [-0.2, -0.15) is 5.10 Å². The van der Waals surface area contributed by atoms with E-state index in [2.05, 4.69) is 32.3 Å². The summed E-state index contributed by atoms with van der Waals surface area (Å²) in [6.45, 7) is 2.75. The normalized spacial score (nSPS) is 17.6. The van der Waals surface area contributed by atoms with Crippen LogP contribution in [0.5, 0.6) is 0 Å². The minimum Gasteiger partial charge on any atom is -0.308 e. The smallest absolute Gasteiger partial charge is 0.246 e. The van der Waals surface area contributed by atoms with Gasteiger partial charge in [-0.1, -0.05) is 24.3 Å². The first-order chi connectivity index (χ1) is 12.0. The van der Waals surface area contributed by atoms with Crippen molar-refractivity contribution in [3.8, 4) is 0 Å². The Labute approximate surface area is 146 Å². The predicted molar refractivity (Wildman–Crippen MR) is 93.7 cm³/mol. The molecular weight excluding hydrogens is 338 g/mol. The number of aryl methyl sites for hydroxylation is 1. The SMILES string of the molecule is Cc1nn2cccnc2c1S(=O)(=O)NCC1Cc2ccccc2CN1. The second-order valence-electron chi connectivity index (χ2n) is 6.20. The topological polar surface area (TPSA) is 88.4 Å². The summed E-state index contributed by atoms with van der Waals surface area (Å²) in [5.41, 5.74) is 3.31. The lowest BCUT2D eigenvalue weighted by molar-refractivity contribution is 0.470. The number of rotatable bonds is 4. The van der Waals surface area contributed by atoms with Gasteiger partial charge in [0, 0.05) is 31.5 Å². The van der Waals surface area contributed by atoms with E-state index in [4.69, 9.17) is 0 Å². The quantitative estimate of drug-likeness (QED) is 0.728. The Morgan fingerprint density at radius 1 is 1.28 bits per heavy atom. The van der Waals surface area contributed by atoms with Crippen LogP contribution in [-0.2, 0) is 23.0 Å². The van der Waals surface area contributed by atoms with Crippen molar-refractivity contribution < 1.29 is 8.42 Å². The Morgan fingerprint density at radius 3 is 2.92 bits per heavy atom. The Bertz CT molecular complexity index is 1030. The van der Waals surface area contributed by atoms with E-state index in [9.17, 15) is 8.42 Å². The summed E-state index contributed by atoms with van der Waals surface area (Å²) in [5.74, 6) is 0. The van der Waals surface area contributed by atoms with Gasteiger partial charge in [-0.3, -0.25) is 0 Å². The summed E-state index contributed by atoms with van der Waals surface area (Å²) in [6.07, 6.45) is 4.05. The van der Waals surface area contributed by atoms with E-state index in [1.54, 1.807) is 25.4 Å². The van der Waals surface area contributed by atoms with Crippen molar-refractivity contribution in [3.05, 3.63) is 59.5 Å². The van der Waals surface area contributed by atoms with Crippen LogP contribution in [0.15, 0.2) is 47.6 Å². The van der Waals surface area contributed by atoms with Crippen LogP contribution in [0.3, 0.4) is 0 Å². The molecule has 3 aromatic rings. The minimum absolute atomic E-state index is 0.0554. The third-order valence-electron chi connectivity index (χ3n) is 4.47. The molecule has 0 fully saturated rings. The second-order valence-corrected chi connectivity index (χ2v) is 7.91. The zero-order valence-electron chi connectivity index (χ0n) is 13.8. The van der Waals surface area contributed by atoms with Crippen molar-refractivity contribution in [2.24, 2.45) is 0 Å². The van der Waals surface area contributed by atoms with E-state index < -0.39 is 10.0 Å². The van der Waals surface area contributed by atoms with Crippen molar-refractivity contribution in [1.82, 2.24) is 24.6 Å². The number of fused-ring (bicyclic) bond motifs is 2. The van der Waals surface area contributed by atoms with Crippen molar-refractivity contribution in [3.63, 3.8) is 0 Å². The number of nitrogens with one attached hydrogen (secondary N) is 2. The lowest BCUT2D eigenvalue weighted by Crippen LogP contribution is -2.44. The lowest BCUT2D eigenvalue weighted by Gasteiger charge is -2.26. The van der Waals surface area contributed by atoms with Crippen LogP contribution in [0.4, 0.5) is 0 Å². The first-order valence-electron chi connectivity index (χ1n) is 8.14. The molecule has 0 bridgehead atoms. The highest BCUT2D eigenvalue weighted by molar-refractivity contribution is 7.89. The molecule has 130 valence electrons. The van der Waals surface area contributed by atoms with Gasteiger partial charge < -0.3 is 5.32 Å². The average molecular weight is 357 g/mol. The molecule has 25 heavy (non-hydrogen) atoms. The van der Waals surface area contributed by atoms with Gasteiger partial charge >= 0.3 is 0 Å². The van der Waals surface area contributed by atoms with Gasteiger partial charge in [0.2, 0.25) is 10.0 Å². The third kappa shape index (κ3) is 3.04. The molecule has 0 aliphatic carbocycles. The summed E-state index contributed by atoms with van der Waals surface area (Å²) in [5, 5.41) is 7.60. The molecule has 2 N–H and O–H groups in total. The highest BCUT2D eigenvalue weighted by Gasteiger charge is 2.26. The van der Waals surface area contributed by atoms with Gasteiger partial charge in [0.1, 0.15) is 4.90 Å². The van der Waals surface area contributed by atoms with Gasteiger partial charge in [-0.25, -0.2) is 22.6 Å². The van der Waals surface area contributed by atoms with Crippen LogP contribution in [0, 0.1) is 6.92 Å². The molecule has 0 spiro atoms. The predicted octanol–water partition coefficient (Wildman–Crippen LogP) is 1.03. The van der Waals surface area contributed by atoms with E-state index >= 15 is 0 Å². The van der Waals surface area contributed by atoms with E-state index in [1.807, 2.05) is 12.1 Å². The molecular formula is C17H19N5O2S. The van der Waals surface area contributed by atoms with Gasteiger partial charge in [0.25, 0.3) is 0 Å². The third-order valence-corrected chi connectivity index (χ3v) is 6.03. The maximum atomic E-state index is 12.8. The fourth-order valence-corrected chi connectivity index (χ4v) is 4.62. The maximum Gasteiger partial charge on any atom is 0.246 e. The highest BCUT2D eigenvalue weighted by atomic mass is 32.2. The van der Waals surface area contributed by atoms with Crippen LogP contribution in [0.2, 0.25) is 0 Å². The minimum atomic E-state index is -3.69. The first-order valence-corrected chi connectivity index (χ1v) is 9.63. The average Bonchev–Trinajstić information content (AvgIpc) is 2.96. The van der Waals surface area contributed by atoms with Gasteiger partial charge in [-0.15, -0.1) is 0 Å². The zero-order valence-corrected chi connectivity index (χ0v) is 14.6. The molecule has 1 unspecified atom stereocenters. The molecule has 3 heterocycles. The number of benzene rings is 1. The van der Waals surface area contributed by atoms with Crippen molar-refractivity contribution >= 4 is 15.7 Å². The van der Waals surface area contributed by atoms with Crippen molar-refractivity contribution in [2.45, 2.75) is 30.8 Å². The lowest BCUT2D eigenvalue weighted by atomic mass is 9.96. The Kier molecular flexibility index (Phi) is 4.03. The molecule has 2 aromatic heterocycles. The van der Waals surface area contributed by atoms with Gasteiger partial charge in [0.15, 0.2) is 5.65 Å². The molecule has 1 aliphatic rings. The summed E-state index contributed by atoms with van der Waals surface area (Å²) in [4.78, 5) is 4.30. The van der Waals surface area contributed by atoms with Crippen LogP contribution < -0.4 is 10.0 Å². The Hall–Kier alpha value is -2.29. The zero-order chi connectivity index (χ0) is 17.4. The number of nitrogens with zero attached hydrogens (tertiary/aromatic N) is 3. The summed E-state index contributed by atoms with van der Waals surface area (Å²) in [6, 6.07) is 9.99. The molecule has 1 aromatic carbocycles. The molecule has 8 heteroatoms. The number of hydrogen-bond acceptors (Lipinski definition) is 5. The van der Waals surface area contributed by atoms with E-state index in [0.717, 1.165) is 13.0 Å². The molecule has 0 saturated carbocycles. The van der Waals surface area contributed by atoms with Crippen molar-refractivity contribution in [2.75, 3.05) is 6.54 Å². The van der Waals surface area contributed by atoms with E-state index in [1.165, 1.54) is 15.6 Å². The molecule has 0 amide bonds. The van der Waals surface area contributed by atoms with Gasteiger partial charge in [0.05, 0.1) is 5.69 Å². The standard InChI is InChI=1S/C17H19N5O2S/c1-12-16(17-18-7-4-8-22(17)21-12)25(23,24)20-11-15-9-13-5-2-3-6-14(13)10-19-15/h2-8,15,19-20H,9-11H2,1H3. The molecule has 4 rings (SSSR count). The molecule has 0 radical (unpaired) electrons. The van der Waals surface area contributed by atoms with E-state index in [-0.39, 0.29) is 10.9 Å². The Morgan fingerprint density at radius 2 is 2.08 bits per heavy atom. The highest BCUT2D eigenvalue weighted by Crippen LogP contribution is 2.20. The molecule has 7 nitrogen and oxygen atoms in total. The maximum absolute atomic E-state index is 12.8. The molecule has 0 saturated heterocycles. The van der Waals surface area contributed by atoms with E-state index in [0.29, 0.717) is 17.9 Å². The summed E-state index contributed by atoms with van der Waals surface area (Å²) >= 11 is 0. The number of hydrogen-bond donors (Lipinski definition) is 2. The van der Waals surface area contributed by atoms with Crippen LogP contribution in [0.25, 0.3) is 5.65 Å². The van der Waals surface area contributed by atoms with Crippen LogP contribution in [-0.4, -0.2) is 35.6 Å². The van der Waals surface area contributed by atoms with Crippen LogP contribution >= 0.6 is 0 Å². The fraction of sp³-hybridized carbons (Fsp3) is 0.294. The summed E-state index contributed by atoms with van der Waals surface area (Å²) < 4.78 is 29.8. The monoisotopic (exact) mass is 357 g/mol. The van der Waals surface area contributed by atoms with Crippen molar-refractivity contribution in [1.29, 1.82) is 0 Å². The number of aromatic nitrogens is 3. The van der Waals surface area contributed by atoms with Crippen LogP contribution in [0.1, 0.15) is 16.8 Å². The molecule has 1 aliphatic heterocycles. The molecule has 1 atom stereocenters. The fourth-order valence-electron chi connectivity index (χ4n) is 3.24. The first kappa shape index (κ1) is 16.2. The number of sulfonamides is 1.